The van der Waals surface area contributed by atoms with Gasteiger partial charge in [0.15, 0.2) is 0 Å². The van der Waals surface area contributed by atoms with Gasteiger partial charge in [-0.3, -0.25) is 0 Å². The summed E-state index contributed by atoms with van der Waals surface area (Å²) in [6, 6.07) is 10.4. The second kappa shape index (κ2) is 4.35. The summed E-state index contributed by atoms with van der Waals surface area (Å²) in [4.78, 5) is 0.268. The minimum Gasteiger partial charge on any atom is -0.398 e. The molecular formula is C12H14N2O2S. The first kappa shape index (κ1) is 11.9. The van der Waals surface area contributed by atoms with Gasteiger partial charge in [-0.25, -0.2) is 13.1 Å². The lowest BCUT2D eigenvalue weighted by Gasteiger charge is -2.09. The highest BCUT2D eigenvalue weighted by Gasteiger charge is 2.16. The second-order valence-corrected chi connectivity index (χ2v) is 5.44. The summed E-state index contributed by atoms with van der Waals surface area (Å²) in [6.07, 6.45) is 0. The van der Waals surface area contributed by atoms with E-state index in [2.05, 4.69) is 4.72 Å². The highest BCUT2D eigenvalue weighted by molar-refractivity contribution is 7.89. The zero-order chi connectivity index (χ0) is 12.5. The zero-order valence-corrected chi connectivity index (χ0v) is 10.3. The number of benzene rings is 2. The van der Waals surface area contributed by atoms with E-state index in [1.165, 1.54) is 6.07 Å². The number of fused-ring (bicyclic) bond motifs is 1. The van der Waals surface area contributed by atoms with Crippen LogP contribution in [0, 0.1) is 0 Å². The maximum atomic E-state index is 12.0. The highest BCUT2D eigenvalue weighted by atomic mass is 32.2. The maximum Gasteiger partial charge on any atom is 0.241 e. The van der Waals surface area contributed by atoms with Crippen LogP contribution in [0.1, 0.15) is 6.92 Å². The summed E-state index contributed by atoms with van der Waals surface area (Å²) in [6.45, 7) is 2.11. The van der Waals surface area contributed by atoms with Gasteiger partial charge in [0.25, 0.3) is 0 Å². The number of sulfonamides is 1. The largest absolute Gasteiger partial charge is 0.398 e. The third-order valence-corrected chi connectivity index (χ3v) is 4.15. The Kier molecular flexibility index (Phi) is 3.04. The zero-order valence-electron chi connectivity index (χ0n) is 9.47. The molecule has 5 heteroatoms. The van der Waals surface area contributed by atoms with Crippen LogP contribution in [0.25, 0.3) is 10.8 Å². The maximum absolute atomic E-state index is 12.0. The van der Waals surface area contributed by atoms with Crippen LogP contribution >= 0.6 is 0 Å². The van der Waals surface area contributed by atoms with Gasteiger partial charge < -0.3 is 5.73 Å². The number of anilines is 1. The quantitative estimate of drug-likeness (QED) is 0.815. The molecule has 0 aliphatic carbocycles. The molecule has 0 amide bonds. The Hall–Kier alpha value is -1.59. The third kappa shape index (κ3) is 2.11. The van der Waals surface area contributed by atoms with E-state index in [0.717, 1.165) is 5.39 Å². The monoisotopic (exact) mass is 250 g/mol. The molecule has 2 rings (SSSR count). The van der Waals surface area contributed by atoms with Gasteiger partial charge in [0.05, 0.1) is 4.90 Å². The Morgan fingerprint density at radius 3 is 2.41 bits per heavy atom. The fourth-order valence-electron chi connectivity index (χ4n) is 1.80. The molecule has 0 atom stereocenters. The summed E-state index contributed by atoms with van der Waals surface area (Å²) in [5.41, 5.74) is 6.41. The number of nitrogens with two attached hydrogens (primary N) is 1. The van der Waals surface area contributed by atoms with Crippen molar-refractivity contribution in [1.82, 2.24) is 4.72 Å². The molecule has 0 fully saturated rings. The molecule has 0 bridgehead atoms. The van der Waals surface area contributed by atoms with E-state index in [-0.39, 0.29) is 4.90 Å². The molecule has 0 aliphatic rings. The van der Waals surface area contributed by atoms with Gasteiger partial charge in [0.2, 0.25) is 10.0 Å². The first-order chi connectivity index (χ1) is 8.06. The van der Waals surface area contributed by atoms with Gasteiger partial charge >= 0.3 is 0 Å². The standard InChI is InChI=1S/C12H14N2O2S/c1-2-14-17(15,16)12-8-7-11(13)9-5-3-4-6-10(9)12/h3-8,14H,2,13H2,1H3. The first-order valence-corrected chi connectivity index (χ1v) is 6.81. The van der Waals surface area contributed by atoms with Crippen LogP contribution < -0.4 is 10.5 Å². The number of hydrogen-bond donors (Lipinski definition) is 2. The molecule has 0 aromatic heterocycles. The van der Waals surface area contributed by atoms with Gasteiger partial charge in [-0.15, -0.1) is 0 Å². The molecule has 0 saturated carbocycles. The minimum atomic E-state index is -3.46. The molecule has 2 aromatic carbocycles. The molecular weight excluding hydrogens is 236 g/mol. The fraction of sp³-hybridized carbons (Fsp3) is 0.167. The number of nitrogen functional groups attached to an aromatic ring is 1. The Balaban J connectivity index is 2.76. The van der Waals surface area contributed by atoms with Crippen molar-refractivity contribution in [2.45, 2.75) is 11.8 Å². The van der Waals surface area contributed by atoms with Gasteiger partial charge in [-0.05, 0) is 12.1 Å². The van der Waals surface area contributed by atoms with E-state index >= 15 is 0 Å². The average Bonchev–Trinajstić information content (AvgIpc) is 2.29. The molecule has 4 nitrogen and oxygen atoms in total. The fourth-order valence-corrected chi connectivity index (χ4v) is 3.05. The van der Waals surface area contributed by atoms with Crippen LogP contribution in [0.4, 0.5) is 5.69 Å². The van der Waals surface area contributed by atoms with Gasteiger partial charge in [-0.2, -0.15) is 0 Å². The van der Waals surface area contributed by atoms with Crippen molar-refractivity contribution >= 4 is 26.5 Å². The molecule has 17 heavy (non-hydrogen) atoms. The molecule has 0 radical (unpaired) electrons. The Labute approximate surface area is 100 Å². The van der Waals surface area contributed by atoms with Crippen molar-refractivity contribution in [3.8, 4) is 0 Å². The van der Waals surface area contributed by atoms with E-state index in [0.29, 0.717) is 17.6 Å². The Bertz CT molecular complexity index is 651. The first-order valence-electron chi connectivity index (χ1n) is 5.33. The summed E-state index contributed by atoms with van der Waals surface area (Å²) in [7, 11) is -3.46. The van der Waals surface area contributed by atoms with Gasteiger partial charge in [0, 0.05) is 23.0 Å². The topological polar surface area (TPSA) is 72.2 Å². The third-order valence-electron chi connectivity index (χ3n) is 2.54. The number of hydrogen-bond acceptors (Lipinski definition) is 3. The average molecular weight is 250 g/mol. The van der Waals surface area contributed by atoms with Crippen LogP contribution in [0.5, 0.6) is 0 Å². The van der Waals surface area contributed by atoms with Crippen molar-refractivity contribution in [1.29, 1.82) is 0 Å². The predicted molar refractivity (Wildman–Crippen MR) is 69.2 cm³/mol. The van der Waals surface area contributed by atoms with E-state index in [4.69, 9.17) is 5.73 Å². The smallest absolute Gasteiger partial charge is 0.241 e. The van der Waals surface area contributed by atoms with E-state index < -0.39 is 10.0 Å². The summed E-state index contributed by atoms with van der Waals surface area (Å²) < 4.78 is 26.5. The predicted octanol–water partition coefficient (Wildman–Crippen LogP) is 1.72. The number of rotatable bonds is 3. The minimum absolute atomic E-state index is 0.268. The van der Waals surface area contributed by atoms with E-state index in [1.807, 2.05) is 12.1 Å². The van der Waals surface area contributed by atoms with Crippen LogP contribution in [0.2, 0.25) is 0 Å². The van der Waals surface area contributed by atoms with Crippen LogP contribution in [-0.4, -0.2) is 15.0 Å². The molecule has 0 aliphatic heterocycles. The van der Waals surface area contributed by atoms with Gasteiger partial charge in [0.1, 0.15) is 0 Å². The van der Waals surface area contributed by atoms with Crippen molar-refractivity contribution < 1.29 is 8.42 Å². The Morgan fingerprint density at radius 2 is 1.76 bits per heavy atom. The Morgan fingerprint density at radius 1 is 1.12 bits per heavy atom. The van der Waals surface area contributed by atoms with Crippen molar-refractivity contribution in [2.24, 2.45) is 0 Å². The highest BCUT2D eigenvalue weighted by Crippen LogP contribution is 2.27. The van der Waals surface area contributed by atoms with Crippen LogP contribution in [0.3, 0.4) is 0 Å². The normalized spacial score (nSPS) is 11.8. The lowest BCUT2D eigenvalue weighted by Crippen LogP contribution is -2.23. The number of nitrogens with one attached hydrogen (secondary N) is 1. The summed E-state index contributed by atoms with van der Waals surface area (Å²) in [5, 5.41) is 1.40. The van der Waals surface area contributed by atoms with E-state index in [9.17, 15) is 8.42 Å². The van der Waals surface area contributed by atoms with Gasteiger partial charge in [-0.1, -0.05) is 31.2 Å². The molecule has 0 unspecified atom stereocenters. The molecule has 3 N–H and O–H groups in total. The second-order valence-electron chi connectivity index (χ2n) is 3.70. The lowest BCUT2D eigenvalue weighted by atomic mass is 10.1. The van der Waals surface area contributed by atoms with Crippen LogP contribution in [-0.2, 0) is 10.0 Å². The van der Waals surface area contributed by atoms with Crippen molar-refractivity contribution in [2.75, 3.05) is 12.3 Å². The lowest BCUT2D eigenvalue weighted by molar-refractivity contribution is 0.585. The molecule has 0 heterocycles. The summed E-state index contributed by atoms with van der Waals surface area (Å²) in [5.74, 6) is 0. The van der Waals surface area contributed by atoms with Crippen LogP contribution in [0.15, 0.2) is 41.3 Å². The molecule has 0 saturated heterocycles. The summed E-state index contributed by atoms with van der Waals surface area (Å²) >= 11 is 0. The van der Waals surface area contributed by atoms with Crippen molar-refractivity contribution in [3.63, 3.8) is 0 Å². The molecule has 90 valence electrons. The molecule has 0 spiro atoms. The SMILES string of the molecule is CCNS(=O)(=O)c1ccc(N)c2ccccc12. The van der Waals surface area contributed by atoms with Crippen molar-refractivity contribution in [3.05, 3.63) is 36.4 Å². The van der Waals surface area contributed by atoms with E-state index in [1.54, 1.807) is 25.1 Å². The molecule has 2 aromatic rings.